The molecule has 0 aliphatic heterocycles. The van der Waals surface area contributed by atoms with Crippen molar-refractivity contribution < 1.29 is 17.9 Å². The van der Waals surface area contributed by atoms with Crippen molar-refractivity contribution in [3.05, 3.63) is 29.8 Å². The van der Waals surface area contributed by atoms with Crippen LogP contribution in [0.15, 0.2) is 29.2 Å². The Balaban J connectivity index is 2.91. The molecule has 0 fully saturated rings. The van der Waals surface area contributed by atoms with Crippen LogP contribution in [-0.4, -0.2) is 53.1 Å². The quantitative estimate of drug-likeness (QED) is 0.839. The van der Waals surface area contributed by atoms with E-state index >= 15 is 0 Å². The number of hydrogen-bond donors (Lipinski definition) is 1. The number of carbonyl (C=O) groups is 1. The maximum Gasteiger partial charge on any atom is 0.253 e. The molecular formula is C13H20N2O4S. The first-order valence-corrected chi connectivity index (χ1v) is 7.61. The molecule has 1 aromatic rings. The minimum Gasteiger partial charge on any atom is -0.383 e. The second-order valence-electron chi connectivity index (χ2n) is 4.45. The molecule has 0 aromatic heterocycles. The van der Waals surface area contributed by atoms with Crippen LogP contribution in [0, 0.1) is 0 Å². The summed E-state index contributed by atoms with van der Waals surface area (Å²) >= 11 is 0. The number of carbonyl (C=O) groups excluding carboxylic acids is 1. The van der Waals surface area contributed by atoms with Crippen LogP contribution >= 0.6 is 0 Å². The fourth-order valence-electron chi connectivity index (χ4n) is 1.65. The van der Waals surface area contributed by atoms with Crippen LogP contribution in [-0.2, 0) is 14.8 Å². The van der Waals surface area contributed by atoms with Crippen LogP contribution in [0.5, 0.6) is 0 Å². The van der Waals surface area contributed by atoms with Crippen molar-refractivity contribution in [2.24, 2.45) is 0 Å². The van der Waals surface area contributed by atoms with Crippen molar-refractivity contribution in [1.82, 2.24) is 9.62 Å². The Morgan fingerprint density at radius 3 is 2.35 bits per heavy atom. The lowest BCUT2D eigenvalue weighted by atomic mass is 10.2. The van der Waals surface area contributed by atoms with Gasteiger partial charge in [0.1, 0.15) is 0 Å². The van der Waals surface area contributed by atoms with Crippen molar-refractivity contribution in [1.29, 1.82) is 0 Å². The third-order valence-corrected chi connectivity index (χ3v) is 4.50. The maximum atomic E-state index is 12.2. The third kappa shape index (κ3) is 3.78. The van der Waals surface area contributed by atoms with Gasteiger partial charge in [0, 0.05) is 19.7 Å². The Morgan fingerprint density at radius 2 is 1.90 bits per heavy atom. The smallest absolute Gasteiger partial charge is 0.253 e. The second-order valence-corrected chi connectivity index (χ2v) is 6.34. The molecule has 20 heavy (non-hydrogen) atoms. The van der Waals surface area contributed by atoms with Gasteiger partial charge in [-0.1, -0.05) is 0 Å². The van der Waals surface area contributed by atoms with Gasteiger partial charge in [-0.05, 0) is 38.2 Å². The van der Waals surface area contributed by atoms with E-state index < -0.39 is 10.0 Å². The summed E-state index contributed by atoms with van der Waals surface area (Å²) in [5.74, 6) is -0.178. The summed E-state index contributed by atoms with van der Waals surface area (Å²) in [7, 11) is 1.12. The molecule has 1 N–H and O–H groups in total. The number of sulfonamides is 1. The van der Waals surface area contributed by atoms with Gasteiger partial charge in [-0.25, -0.2) is 13.1 Å². The molecule has 1 aromatic carbocycles. The number of rotatable bonds is 6. The summed E-state index contributed by atoms with van der Waals surface area (Å²) < 4.78 is 30.4. The lowest BCUT2D eigenvalue weighted by molar-refractivity contribution is 0.0633. The van der Waals surface area contributed by atoms with Gasteiger partial charge in [0.25, 0.3) is 5.91 Å². The number of nitrogens with one attached hydrogen (secondary N) is 1. The number of ether oxygens (including phenoxy) is 1. The molecule has 1 amide bonds. The van der Waals surface area contributed by atoms with E-state index in [1.165, 1.54) is 31.3 Å². The topological polar surface area (TPSA) is 75.7 Å². The first-order chi connectivity index (χ1) is 9.33. The zero-order valence-corrected chi connectivity index (χ0v) is 12.9. The molecular weight excluding hydrogens is 280 g/mol. The number of nitrogens with zero attached hydrogens (tertiary/aromatic N) is 1. The van der Waals surface area contributed by atoms with Crippen molar-refractivity contribution in [3.63, 3.8) is 0 Å². The monoisotopic (exact) mass is 300 g/mol. The van der Waals surface area contributed by atoms with E-state index in [1.807, 2.05) is 6.92 Å². The largest absolute Gasteiger partial charge is 0.383 e. The molecule has 0 bridgehead atoms. The molecule has 1 atom stereocenters. The standard InChI is InChI=1S/C13H20N2O4S/c1-10(9-19-4)15(3)13(16)11-5-7-12(8-6-11)20(17,18)14-2/h5-8,10,14H,9H2,1-4H3/t10-/m0/s1. The van der Waals surface area contributed by atoms with E-state index in [9.17, 15) is 13.2 Å². The predicted molar refractivity (Wildman–Crippen MR) is 76.1 cm³/mol. The summed E-state index contributed by atoms with van der Waals surface area (Å²) in [5.41, 5.74) is 0.436. The first kappa shape index (κ1) is 16.6. The summed E-state index contributed by atoms with van der Waals surface area (Å²) in [6.07, 6.45) is 0. The van der Waals surface area contributed by atoms with E-state index in [1.54, 1.807) is 19.1 Å². The van der Waals surface area contributed by atoms with Gasteiger partial charge < -0.3 is 9.64 Å². The van der Waals surface area contributed by atoms with E-state index in [0.717, 1.165) is 0 Å². The second kappa shape index (κ2) is 6.83. The highest BCUT2D eigenvalue weighted by Gasteiger charge is 2.18. The Morgan fingerprint density at radius 1 is 1.35 bits per heavy atom. The zero-order valence-electron chi connectivity index (χ0n) is 12.1. The molecule has 0 saturated heterocycles. The highest BCUT2D eigenvalue weighted by molar-refractivity contribution is 7.89. The minimum absolute atomic E-state index is 0.0618. The summed E-state index contributed by atoms with van der Waals surface area (Å²) in [6.45, 7) is 2.32. The molecule has 0 spiro atoms. The number of hydrogen-bond acceptors (Lipinski definition) is 4. The van der Waals surface area contributed by atoms with E-state index in [4.69, 9.17) is 4.74 Å². The Kier molecular flexibility index (Phi) is 5.67. The Bertz CT molecular complexity index is 554. The van der Waals surface area contributed by atoms with Gasteiger partial charge in [-0.3, -0.25) is 4.79 Å². The molecule has 0 aliphatic rings. The van der Waals surface area contributed by atoms with Crippen LogP contribution in [0.4, 0.5) is 0 Å². The number of likely N-dealkylation sites (N-methyl/N-ethyl adjacent to an activating group) is 1. The molecule has 112 valence electrons. The van der Waals surface area contributed by atoms with E-state index in [0.29, 0.717) is 12.2 Å². The SMILES string of the molecule is CNS(=O)(=O)c1ccc(C(=O)N(C)[C@@H](C)COC)cc1. The third-order valence-electron chi connectivity index (χ3n) is 3.07. The Hall–Kier alpha value is -1.44. The summed E-state index contributed by atoms with van der Waals surface area (Å²) in [6, 6.07) is 5.76. The van der Waals surface area contributed by atoms with Crippen LogP contribution in [0.2, 0.25) is 0 Å². The van der Waals surface area contributed by atoms with Crippen molar-refractivity contribution in [2.75, 3.05) is 27.8 Å². The van der Waals surface area contributed by atoms with Crippen LogP contribution < -0.4 is 4.72 Å². The lowest BCUT2D eigenvalue weighted by Gasteiger charge is -2.24. The van der Waals surface area contributed by atoms with Gasteiger partial charge in [0.15, 0.2) is 0 Å². The van der Waals surface area contributed by atoms with E-state index in [-0.39, 0.29) is 16.8 Å². The normalized spacial score (nSPS) is 13.0. The Labute approximate surface area is 119 Å². The average molecular weight is 300 g/mol. The number of benzene rings is 1. The zero-order chi connectivity index (χ0) is 15.3. The van der Waals surface area contributed by atoms with E-state index in [2.05, 4.69) is 4.72 Å². The fourth-order valence-corrected chi connectivity index (χ4v) is 2.38. The first-order valence-electron chi connectivity index (χ1n) is 6.13. The molecule has 1 rings (SSSR count). The van der Waals surface area contributed by atoms with Gasteiger partial charge in [-0.15, -0.1) is 0 Å². The highest BCUT2D eigenvalue weighted by atomic mass is 32.2. The van der Waals surface area contributed by atoms with Gasteiger partial charge in [-0.2, -0.15) is 0 Å². The van der Waals surface area contributed by atoms with Gasteiger partial charge in [0.05, 0.1) is 17.5 Å². The molecule has 0 saturated carbocycles. The summed E-state index contributed by atoms with van der Waals surface area (Å²) in [5, 5.41) is 0. The molecule has 0 unspecified atom stereocenters. The molecule has 0 aliphatic carbocycles. The predicted octanol–water partition coefficient (Wildman–Crippen LogP) is 0.702. The molecule has 0 radical (unpaired) electrons. The van der Waals surface area contributed by atoms with Crippen molar-refractivity contribution >= 4 is 15.9 Å². The highest BCUT2D eigenvalue weighted by Crippen LogP contribution is 2.12. The lowest BCUT2D eigenvalue weighted by Crippen LogP contribution is -2.37. The number of amides is 1. The molecule has 0 heterocycles. The maximum absolute atomic E-state index is 12.2. The van der Waals surface area contributed by atoms with Crippen LogP contribution in [0.1, 0.15) is 17.3 Å². The molecule has 7 heteroatoms. The van der Waals surface area contributed by atoms with Crippen LogP contribution in [0.3, 0.4) is 0 Å². The minimum atomic E-state index is -3.48. The van der Waals surface area contributed by atoms with Gasteiger partial charge in [0.2, 0.25) is 10.0 Å². The fraction of sp³-hybridized carbons (Fsp3) is 0.462. The van der Waals surface area contributed by atoms with Crippen molar-refractivity contribution in [2.45, 2.75) is 17.9 Å². The van der Waals surface area contributed by atoms with Crippen LogP contribution in [0.25, 0.3) is 0 Å². The van der Waals surface area contributed by atoms with Gasteiger partial charge >= 0.3 is 0 Å². The van der Waals surface area contributed by atoms with Crippen molar-refractivity contribution in [3.8, 4) is 0 Å². The number of methoxy groups -OCH3 is 1. The molecule has 6 nitrogen and oxygen atoms in total. The average Bonchev–Trinajstić information content (AvgIpc) is 2.46. The summed E-state index contributed by atoms with van der Waals surface area (Å²) in [4.78, 5) is 13.9.